The third-order valence-corrected chi connectivity index (χ3v) is 5.95. The average Bonchev–Trinajstić information content (AvgIpc) is 3.19. The zero-order valence-electron chi connectivity index (χ0n) is 15.3. The first-order valence-corrected chi connectivity index (χ1v) is 10.5. The summed E-state index contributed by atoms with van der Waals surface area (Å²) in [6.45, 7) is 0.335. The van der Waals surface area contributed by atoms with Crippen LogP contribution >= 0.6 is 34.7 Å². The molecule has 0 unspecified atom stereocenters. The minimum Gasteiger partial charge on any atom is -0.489 e. The van der Waals surface area contributed by atoms with E-state index in [9.17, 15) is 9.59 Å². The third-order valence-electron chi connectivity index (χ3n) is 3.64. The molecule has 0 saturated carbocycles. The van der Waals surface area contributed by atoms with E-state index < -0.39 is 0 Å². The van der Waals surface area contributed by atoms with E-state index in [1.54, 1.807) is 30.3 Å². The van der Waals surface area contributed by atoms with Gasteiger partial charge in [-0.1, -0.05) is 52.9 Å². The van der Waals surface area contributed by atoms with Crippen molar-refractivity contribution >= 4 is 51.7 Å². The van der Waals surface area contributed by atoms with Crippen LogP contribution in [-0.4, -0.2) is 34.9 Å². The second-order valence-electron chi connectivity index (χ2n) is 5.60. The average molecular weight is 450 g/mol. The summed E-state index contributed by atoms with van der Waals surface area (Å²) in [7, 11) is 1.32. The van der Waals surface area contributed by atoms with Crippen LogP contribution < -0.4 is 10.1 Å². The number of rotatable bonds is 8. The van der Waals surface area contributed by atoms with Gasteiger partial charge >= 0.3 is 5.97 Å². The zero-order valence-corrected chi connectivity index (χ0v) is 17.6. The molecule has 0 aliphatic rings. The van der Waals surface area contributed by atoms with Gasteiger partial charge in [-0.2, -0.15) is 0 Å². The second kappa shape index (κ2) is 10.2. The smallest absolute Gasteiger partial charge is 0.316 e. The Bertz CT molecular complexity index is 995. The molecule has 150 valence electrons. The number of amides is 1. The number of carbonyl (C=O) groups excluding carboxylic acids is 2. The Morgan fingerprint density at radius 1 is 1.14 bits per heavy atom. The number of halogens is 1. The molecule has 3 aromatic rings. The van der Waals surface area contributed by atoms with Crippen molar-refractivity contribution in [2.24, 2.45) is 0 Å². The lowest BCUT2D eigenvalue weighted by Crippen LogP contribution is -2.11. The van der Waals surface area contributed by atoms with Crippen LogP contribution in [0.5, 0.6) is 5.75 Å². The molecule has 0 radical (unpaired) electrons. The maximum Gasteiger partial charge on any atom is 0.316 e. The normalized spacial score (nSPS) is 10.4. The number of hydrogen-bond acceptors (Lipinski definition) is 8. The van der Waals surface area contributed by atoms with Crippen LogP contribution in [0.3, 0.4) is 0 Å². The predicted molar refractivity (Wildman–Crippen MR) is 113 cm³/mol. The number of benzene rings is 2. The molecule has 29 heavy (non-hydrogen) atoms. The monoisotopic (exact) mass is 449 g/mol. The van der Waals surface area contributed by atoms with E-state index in [1.165, 1.54) is 30.2 Å². The maximum atomic E-state index is 12.4. The highest BCUT2D eigenvalue weighted by atomic mass is 35.5. The van der Waals surface area contributed by atoms with Crippen molar-refractivity contribution in [2.45, 2.75) is 10.9 Å². The number of anilines is 1. The molecule has 0 atom stereocenters. The molecule has 0 aliphatic heterocycles. The van der Waals surface area contributed by atoms with E-state index in [4.69, 9.17) is 16.3 Å². The van der Waals surface area contributed by atoms with Crippen LogP contribution in [0.1, 0.15) is 15.9 Å². The molecule has 1 N–H and O–H groups in total. The Hall–Kier alpha value is -2.62. The topological polar surface area (TPSA) is 90.4 Å². The molecule has 0 bridgehead atoms. The molecule has 7 nitrogen and oxygen atoms in total. The molecule has 3 rings (SSSR count). The largest absolute Gasteiger partial charge is 0.489 e. The molecule has 0 aliphatic carbocycles. The molecular weight excluding hydrogens is 434 g/mol. The van der Waals surface area contributed by atoms with E-state index in [2.05, 4.69) is 20.3 Å². The van der Waals surface area contributed by atoms with Crippen LogP contribution in [0.25, 0.3) is 0 Å². The van der Waals surface area contributed by atoms with Crippen molar-refractivity contribution in [3.8, 4) is 5.75 Å². The lowest BCUT2D eigenvalue weighted by molar-refractivity contribution is -0.137. The highest BCUT2D eigenvalue weighted by Crippen LogP contribution is 2.26. The molecule has 0 fully saturated rings. The van der Waals surface area contributed by atoms with Crippen LogP contribution in [0.4, 0.5) is 5.13 Å². The summed E-state index contributed by atoms with van der Waals surface area (Å²) in [6, 6.07) is 14.2. The van der Waals surface area contributed by atoms with Gasteiger partial charge in [0.25, 0.3) is 5.91 Å². The fourth-order valence-corrected chi connectivity index (χ4v) is 3.92. The van der Waals surface area contributed by atoms with Crippen LogP contribution in [0, 0.1) is 0 Å². The van der Waals surface area contributed by atoms with Gasteiger partial charge in [-0.15, -0.1) is 10.2 Å². The van der Waals surface area contributed by atoms with Crippen molar-refractivity contribution in [1.29, 1.82) is 0 Å². The Kier molecular flexibility index (Phi) is 7.45. The fraction of sp³-hybridized carbons (Fsp3) is 0.158. The Balaban J connectivity index is 1.53. The summed E-state index contributed by atoms with van der Waals surface area (Å²) < 4.78 is 10.8. The van der Waals surface area contributed by atoms with E-state index in [0.29, 0.717) is 32.4 Å². The van der Waals surface area contributed by atoms with Crippen molar-refractivity contribution in [3.63, 3.8) is 0 Å². The quantitative estimate of drug-likeness (QED) is 0.311. The Labute approximate surface area is 180 Å². The van der Waals surface area contributed by atoms with E-state index in [1.807, 2.05) is 18.2 Å². The standard InChI is InChI=1S/C19H16ClN3O4S2/c1-26-16(24)11-28-19-23-22-18(29-19)21-17(25)12-6-8-14(9-7-12)27-10-13-4-2-3-5-15(13)20/h2-9H,10-11H2,1H3,(H,21,22,25). The number of methoxy groups -OCH3 is 1. The molecule has 1 aromatic heterocycles. The van der Waals surface area contributed by atoms with Crippen molar-refractivity contribution in [3.05, 3.63) is 64.7 Å². The van der Waals surface area contributed by atoms with E-state index >= 15 is 0 Å². The zero-order chi connectivity index (χ0) is 20.6. The van der Waals surface area contributed by atoms with Crippen LogP contribution in [0.15, 0.2) is 52.9 Å². The molecular formula is C19H16ClN3O4S2. The van der Waals surface area contributed by atoms with Crippen molar-refractivity contribution < 1.29 is 19.1 Å². The fourth-order valence-electron chi connectivity index (χ4n) is 2.15. The number of aromatic nitrogens is 2. The van der Waals surface area contributed by atoms with Gasteiger partial charge in [0, 0.05) is 16.1 Å². The predicted octanol–water partition coefficient (Wildman–Crippen LogP) is 4.29. The van der Waals surface area contributed by atoms with Gasteiger partial charge in [-0.25, -0.2) is 0 Å². The van der Waals surface area contributed by atoms with Gasteiger partial charge in [-0.05, 0) is 30.3 Å². The van der Waals surface area contributed by atoms with Gasteiger partial charge in [0.2, 0.25) is 5.13 Å². The number of nitrogens with one attached hydrogen (secondary N) is 1. The second-order valence-corrected chi connectivity index (χ2v) is 8.20. The summed E-state index contributed by atoms with van der Waals surface area (Å²) in [6.07, 6.45) is 0. The van der Waals surface area contributed by atoms with Crippen molar-refractivity contribution in [2.75, 3.05) is 18.2 Å². The number of esters is 1. The third kappa shape index (κ3) is 6.18. The first-order chi connectivity index (χ1) is 14.0. The van der Waals surface area contributed by atoms with Gasteiger partial charge in [0.15, 0.2) is 4.34 Å². The highest BCUT2D eigenvalue weighted by molar-refractivity contribution is 8.01. The summed E-state index contributed by atoms with van der Waals surface area (Å²) in [5, 5.41) is 11.5. The minimum absolute atomic E-state index is 0.134. The Morgan fingerprint density at radius 2 is 1.90 bits per heavy atom. The SMILES string of the molecule is COC(=O)CSc1nnc(NC(=O)c2ccc(OCc3ccccc3Cl)cc2)s1. The minimum atomic E-state index is -0.354. The van der Waals surface area contributed by atoms with Gasteiger partial charge < -0.3 is 9.47 Å². The molecule has 1 heterocycles. The highest BCUT2D eigenvalue weighted by Gasteiger charge is 2.12. The summed E-state index contributed by atoms with van der Waals surface area (Å²) >= 11 is 8.49. The van der Waals surface area contributed by atoms with Gasteiger partial charge in [-0.3, -0.25) is 14.9 Å². The summed E-state index contributed by atoms with van der Waals surface area (Å²) in [4.78, 5) is 23.5. The van der Waals surface area contributed by atoms with Crippen LogP contribution in [-0.2, 0) is 16.1 Å². The number of nitrogens with zero attached hydrogens (tertiary/aromatic N) is 2. The van der Waals surface area contributed by atoms with Gasteiger partial charge in [0.1, 0.15) is 12.4 Å². The summed E-state index contributed by atoms with van der Waals surface area (Å²) in [5.41, 5.74) is 1.34. The first kappa shape index (κ1) is 21.1. The molecule has 10 heteroatoms. The van der Waals surface area contributed by atoms with Crippen LogP contribution in [0.2, 0.25) is 5.02 Å². The number of hydrogen-bond donors (Lipinski definition) is 1. The Morgan fingerprint density at radius 3 is 2.62 bits per heavy atom. The maximum absolute atomic E-state index is 12.4. The number of thioether (sulfide) groups is 1. The number of ether oxygens (including phenoxy) is 2. The van der Waals surface area contributed by atoms with E-state index in [-0.39, 0.29) is 17.6 Å². The molecule has 0 spiro atoms. The molecule has 1 amide bonds. The van der Waals surface area contributed by atoms with Crippen molar-refractivity contribution in [1.82, 2.24) is 10.2 Å². The van der Waals surface area contributed by atoms with E-state index in [0.717, 1.165) is 5.56 Å². The summed E-state index contributed by atoms with van der Waals surface area (Å²) in [5.74, 6) is 0.0872. The van der Waals surface area contributed by atoms with Gasteiger partial charge in [0.05, 0.1) is 12.9 Å². The first-order valence-electron chi connectivity index (χ1n) is 8.36. The number of carbonyl (C=O) groups is 2. The molecule has 0 saturated heterocycles. The lowest BCUT2D eigenvalue weighted by atomic mass is 10.2. The lowest BCUT2D eigenvalue weighted by Gasteiger charge is -2.08. The molecule has 2 aromatic carbocycles.